The van der Waals surface area contributed by atoms with E-state index in [9.17, 15) is 0 Å². The Labute approximate surface area is 146 Å². The van der Waals surface area contributed by atoms with Crippen molar-refractivity contribution < 1.29 is 5.11 Å². The summed E-state index contributed by atoms with van der Waals surface area (Å²) in [5, 5.41) is 12.3. The second-order valence-electron chi connectivity index (χ2n) is 5.73. The van der Waals surface area contributed by atoms with Crippen LogP contribution in [-0.4, -0.2) is 31.8 Å². The van der Waals surface area contributed by atoms with Crippen LogP contribution in [0.1, 0.15) is 23.5 Å². The zero-order valence-corrected chi connectivity index (χ0v) is 14.8. The average Bonchev–Trinajstić information content (AvgIpc) is 2.97. The summed E-state index contributed by atoms with van der Waals surface area (Å²) in [7, 11) is 0. The Balaban J connectivity index is 1.65. The van der Waals surface area contributed by atoms with E-state index in [0.29, 0.717) is 6.54 Å². The number of imidazole rings is 1. The van der Waals surface area contributed by atoms with Crippen LogP contribution in [-0.2, 0) is 6.54 Å². The SMILES string of the molecule is Cc1cc(C)n2c(CNc3ccc(SCCCO)cc3)cnc2n1. The zero-order valence-electron chi connectivity index (χ0n) is 14.0. The van der Waals surface area contributed by atoms with Crippen LogP contribution in [0.2, 0.25) is 0 Å². The molecule has 3 aromatic rings. The standard InChI is InChI=1S/C18H22N4OS/c1-13-10-14(2)22-16(12-20-18(22)21-13)11-19-15-4-6-17(7-5-15)24-9-3-8-23/h4-7,10,12,19,23H,3,8-9,11H2,1-2H3. The molecule has 3 rings (SSSR count). The van der Waals surface area contributed by atoms with Gasteiger partial charge in [0.05, 0.1) is 18.4 Å². The highest BCUT2D eigenvalue weighted by molar-refractivity contribution is 7.99. The van der Waals surface area contributed by atoms with E-state index in [-0.39, 0.29) is 6.61 Å². The molecule has 126 valence electrons. The summed E-state index contributed by atoms with van der Waals surface area (Å²) in [6.07, 6.45) is 2.70. The van der Waals surface area contributed by atoms with Crippen LogP contribution in [0.15, 0.2) is 41.4 Å². The first-order valence-corrected chi connectivity index (χ1v) is 9.04. The second kappa shape index (κ2) is 7.68. The number of rotatable bonds is 7. The molecule has 2 heterocycles. The molecule has 0 saturated carbocycles. The van der Waals surface area contributed by atoms with E-state index < -0.39 is 0 Å². The number of aliphatic hydroxyl groups excluding tert-OH is 1. The van der Waals surface area contributed by atoms with Crippen LogP contribution in [0.5, 0.6) is 0 Å². The van der Waals surface area contributed by atoms with Gasteiger partial charge in [0.1, 0.15) is 0 Å². The van der Waals surface area contributed by atoms with Crippen molar-refractivity contribution in [3.63, 3.8) is 0 Å². The lowest BCUT2D eigenvalue weighted by atomic mass is 10.3. The number of hydrogen-bond acceptors (Lipinski definition) is 5. The number of aliphatic hydroxyl groups is 1. The molecule has 0 aliphatic carbocycles. The van der Waals surface area contributed by atoms with E-state index in [1.807, 2.05) is 13.1 Å². The molecule has 0 aliphatic heterocycles. The summed E-state index contributed by atoms with van der Waals surface area (Å²) in [4.78, 5) is 10.1. The molecule has 0 saturated heterocycles. The van der Waals surface area contributed by atoms with Gasteiger partial charge in [-0.2, -0.15) is 0 Å². The summed E-state index contributed by atoms with van der Waals surface area (Å²) < 4.78 is 2.08. The summed E-state index contributed by atoms with van der Waals surface area (Å²) in [5.41, 5.74) is 4.30. The quantitative estimate of drug-likeness (QED) is 0.509. The van der Waals surface area contributed by atoms with Crippen molar-refractivity contribution >= 4 is 23.2 Å². The van der Waals surface area contributed by atoms with Gasteiger partial charge in [-0.05, 0) is 50.6 Å². The van der Waals surface area contributed by atoms with Crippen LogP contribution in [0, 0.1) is 13.8 Å². The maximum absolute atomic E-state index is 8.82. The first-order chi connectivity index (χ1) is 11.7. The van der Waals surface area contributed by atoms with Gasteiger partial charge in [0, 0.05) is 34.3 Å². The minimum atomic E-state index is 0.250. The van der Waals surface area contributed by atoms with Crippen molar-refractivity contribution in [2.75, 3.05) is 17.7 Å². The van der Waals surface area contributed by atoms with Gasteiger partial charge in [0.25, 0.3) is 0 Å². The van der Waals surface area contributed by atoms with Crippen LogP contribution >= 0.6 is 11.8 Å². The fourth-order valence-electron chi connectivity index (χ4n) is 2.64. The van der Waals surface area contributed by atoms with Crippen LogP contribution in [0.3, 0.4) is 0 Å². The van der Waals surface area contributed by atoms with Crippen molar-refractivity contribution in [1.29, 1.82) is 0 Å². The minimum absolute atomic E-state index is 0.250. The smallest absolute Gasteiger partial charge is 0.234 e. The lowest BCUT2D eigenvalue weighted by molar-refractivity contribution is 0.296. The predicted octanol–water partition coefficient (Wildman–Crippen LogP) is 3.43. The predicted molar refractivity (Wildman–Crippen MR) is 98.7 cm³/mol. The molecule has 0 fully saturated rings. The number of aryl methyl sites for hydroxylation is 2. The van der Waals surface area contributed by atoms with Gasteiger partial charge in [-0.15, -0.1) is 11.8 Å². The Kier molecular flexibility index (Phi) is 5.37. The lowest BCUT2D eigenvalue weighted by Gasteiger charge is -2.09. The highest BCUT2D eigenvalue weighted by atomic mass is 32.2. The highest BCUT2D eigenvalue weighted by Gasteiger charge is 2.07. The number of nitrogens with zero attached hydrogens (tertiary/aromatic N) is 3. The normalized spacial score (nSPS) is 11.1. The molecule has 1 aromatic carbocycles. The van der Waals surface area contributed by atoms with Crippen LogP contribution in [0.25, 0.3) is 5.78 Å². The summed E-state index contributed by atoms with van der Waals surface area (Å²) in [6.45, 7) is 5.01. The van der Waals surface area contributed by atoms with Gasteiger partial charge >= 0.3 is 0 Å². The van der Waals surface area contributed by atoms with Crippen molar-refractivity contribution in [2.45, 2.75) is 31.7 Å². The summed E-state index contributed by atoms with van der Waals surface area (Å²) >= 11 is 1.76. The van der Waals surface area contributed by atoms with Crippen LogP contribution in [0.4, 0.5) is 5.69 Å². The first-order valence-electron chi connectivity index (χ1n) is 8.05. The van der Waals surface area contributed by atoms with Gasteiger partial charge in [-0.3, -0.25) is 4.40 Å². The number of anilines is 1. The topological polar surface area (TPSA) is 62.5 Å². The van der Waals surface area contributed by atoms with Gasteiger partial charge in [-0.25, -0.2) is 9.97 Å². The molecule has 2 aromatic heterocycles. The van der Waals surface area contributed by atoms with E-state index >= 15 is 0 Å². The third kappa shape index (κ3) is 3.88. The third-order valence-corrected chi connectivity index (χ3v) is 4.86. The van der Waals surface area contributed by atoms with Gasteiger partial charge < -0.3 is 10.4 Å². The monoisotopic (exact) mass is 342 g/mol. The maximum atomic E-state index is 8.82. The number of nitrogens with one attached hydrogen (secondary N) is 1. The molecule has 24 heavy (non-hydrogen) atoms. The number of thioether (sulfide) groups is 1. The van der Waals surface area contributed by atoms with E-state index in [1.165, 1.54) is 4.90 Å². The number of fused-ring (bicyclic) bond motifs is 1. The van der Waals surface area contributed by atoms with Crippen molar-refractivity contribution in [2.24, 2.45) is 0 Å². The fraction of sp³-hybridized carbons (Fsp3) is 0.333. The average molecular weight is 342 g/mol. The van der Waals surface area contributed by atoms with E-state index in [1.54, 1.807) is 11.8 Å². The first kappa shape index (κ1) is 16.8. The lowest BCUT2D eigenvalue weighted by Crippen LogP contribution is -2.05. The van der Waals surface area contributed by atoms with Crippen molar-refractivity contribution in [1.82, 2.24) is 14.4 Å². The molecule has 0 aliphatic rings. The Morgan fingerprint density at radius 1 is 1.21 bits per heavy atom. The molecule has 0 amide bonds. The molecular weight excluding hydrogens is 320 g/mol. The van der Waals surface area contributed by atoms with E-state index in [0.717, 1.165) is 40.7 Å². The maximum Gasteiger partial charge on any atom is 0.234 e. The summed E-state index contributed by atoms with van der Waals surface area (Å²) in [6, 6.07) is 10.4. The Hall–Kier alpha value is -2.05. The van der Waals surface area contributed by atoms with Gasteiger partial charge in [0.2, 0.25) is 5.78 Å². The molecule has 0 radical (unpaired) electrons. The molecular formula is C18H22N4OS. The Morgan fingerprint density at radius 3 is 2.75 bits per heavy atom. The van der Waals surface area contributed by atoms with Crippen molar-refractivity contribution in [3.05, 3.63) is 53.6 Å². The van der Waals surface area contributed by atoms with E-state index in [4.69, 9.17) is 5.11 Å². The molecule has 5 nitrogen and oxygen atoms in total. The Morgan fingerprint density at radius 2 is 2.00 bits per heavy atom. The van der Waals surface area contributed by atoms with Crippen LogP contribution < -0.4 is 5.32 Å². The molecule has 0 bridgehead atoms. The molecule has 0 unspecified atom stereocenters. The summed E-state index contributed by atoms with van der Waals surface area (Å²) in [5.74, 6) is 1.69. The number of benzene rings is 1. The third-order valence-electron chi connectivity index (χ3n) is 3.76. The molecule has 0 atom stereocenters. The second-order valence-corrected chi connectivity index (χ2v) is 6.90. The van der Waals surface area contributed by atoms with Gasteiger partial charge in [0.15, 0.2) is 0 Å². The van der Waals surface area contributed by atoms with Crippen molar-refractivity contribution in [3.8, 4) is 0 Å². The highest BCUT2D eigenvalue weighted by Crippen LogP contribution is 2.21. The molecule has 0 spiro atoms. The van der Waals surface area contributed by atoms with Gasteiger partial charge in [-0.1, -0.05) is 0 Å². The Bertz CT molecular complexity index is 814. The zero-order chi connectivity index (χ0) is 16.9. The number of hydrogen-bond donors (Lipinski definition) is 2. The van der Waals surface area contributed by atoms with E-state index in [2.05, 4.69) is 56.9 Å². The molecule has 2 N–H and O–H groups in total. The minimum Gasteiger partial charge on any atom is -0.396 e. The molecule has 6 heteroatoms. The largest absolute Gasteiger partial charge is 0.396 e. The number of aromatic nitrogens is 3. The fourth-order valence-corrected chi connectivity index (χ4v) is 3.47.